The van der Waals surface area contributed by atoms with Gasteiger partial charge in [-0.3, -0.25) is 4.79 Å². The van der Waals surface area contributed by atoms with Gasteiger partial charge in [-0.1, -0.05) is 34.1 Å². The van der Waals surface area contributed by atoms with Gasteiger partial charge >= 0.3 is 5.97 Å². The van der Waals surface area contributed by atoms with Crippen LogP contribution >= 0.6 is 0 Å². The predicted molar refractivity (Wildman–Crippen MR) is 47.7 cm³/mol. The molecule has 1 saturated heterocycles. The van der Waals surface area contributed by atoms with E-state index in [4.69, 9.17) is 4.74 Å². The fourth-order valence-electron chi connectivity index (χ4n) is 1.71. The third-order valence-corrected chi connectivity index (χ3v) is 3.14. The highest BCUT2D eigenvalue weighted by atomic mass is 16.6. The van der Waals surface area contributed by atoms with Crippen LogP contribution in [0.25, 0.3) is 0 Å². The van der Waals surface area contributed by atoms with E-state index in [1.165, 1.54) is 0 Å². The van der Waals surface area contributed by atoms with Gasteiger partial charge in [-0.2, -0.15) is 0 Å². The maximum absolute atomic E-state index is 11.2. The minimum absolute atomic E-state index is 0.0206. The Labute approximate surface area is 74.3 Å². The van der Waals surface area contributed by atoms with Crippen molar-refractivity contribution in [3.05, 3.63) is 0 Å². The SMILES string of the molecule is CCC(C)C1OC(=O)C(C)C1C. The lowest BCUT2D eigenvalue weighted by atomic mass is 9.86. The molecule has 70 valence electrons. The molecular formula is C10H18O2. The molecule has 0 bridgehead atoms. The summed E-state index contributed by atoms with van der Waals surface area (Å²) in [6.45, 7) is 8.34. The molecule has 12 heavy (non-hydrogen) atoms. The summed E-state index contributed by atoms with van der Waals surface area (Å²) < 4.78 is 5.30. The first kappa shape index (κ1) is 9.56. The number of cyclic esters (lactones) is 1. The zero-order chi connectivity index (χ0) is 9.30. The molecule has 2 nitrogen and oxygen atoms in total. The molecule has 0 aromatic carbocycles. The molecule has 2 heteroatoms. The summed E-state index contributed by atoms with van der Waals surface area (Å²) in [6, 6.07) is 0. The minimum atomic E-state index is -0.0206. The fourth-order valence-corrected chi connectivity index (χ4v) is 1.71. The summed E-state index contributed by atoms with van der Waals surface area (Å²) in [5.41, 5.74) is 0. The van der Waals surface area contributed by atoms with Gasteiger partial charge in [0.25, 0.3) is 0 Å². The minimum Gasteiger partial charge on any atom is -0.462 e. The molecule has 1 rings (SSSR count). The Morgan fingerprint density at radius 1 is 1.50 bits per heavy atom. The number of esters is 1. The van der Waals surface area contributed by atoms with Crippen LogP contribution < -0.4 is 0 Å². The molecule has 4 unspecified atom stereocenters. The van der Waals surface area contributed by atoms with Crippen LogP contribution in [0.3, 0.4) is 0 Å². The second kappa shape index (κ2) is 3.46. The molecule has 1 aliphatic heterocycles. The molecule has 0 spiro atoms. The molecule has 0 radical (unpaired) electrons. The zero-order valence-electron chi connectivity index (χ0n) is 8.33. The van der Waals surface area contributed by atoms with E-state index in [1.54, 1.807) is 0 Å². The van der Waals surface area contributed by atoms with Crippen LogP contribution in [-0.2, 0) is 9.53 Å². The molecule has 0 saturated carbocycles. The molecule has 0 aliphatic carbocycles. The second-order valence-electron chi connectivity index (χ2n) is 3.93. The Morgan fingerprint density at radius 3 is 2.42 bits per heavy atom. The lowest BCUT2D eigenvalue weighted by Gasteiger charge is -2.20. The van der Waals surface area contributed by atoms with Gasteiger partial charge in [-0.05, 0) is 5.92 Å². The van der Waals surface area contributed by atoms with Crippen LogP contribution in [-0.4, -0.2) is 12.1 Å². The van der Waals surface area contributed by atoms with Crippen molar-refractivity contribution in [2.24, 2.45) is 17.8 Å². The highest BCUT2D eigenvalue weighted by molar-refractivity contribution is 5.74. The highest BCUT2D eigenvalue weighted by Gasteiger charge is 2.40. The van der Waals surface area contributed by atoms with E-state index in [-0.39, 0.29) is 18.0 Å². The van der Waals surface area contributed by atoms with Crippen molar-refractivity contribution in [1.29, 1.82) is 0 Å². The van der Waals surface area contributed by atoms with Crippen molar-refractivity contribution in [2.45, 2.75) is 40.2 Å². The van der Waals surface area contributed by atoms with Gasteiger partial charge in [0.2, 0.25) is 0 Å². The van der Waals surface area contributed by atoms with Crippen molar-refractivity contribution >= 4 is 5.97 Å². The first-order chi connectivity index (χ1) is 5.57. The van der Waals surface area contributed by atoms with Crippen LogP contribution in [0, 0.1) is 17.8 Å². The van der Waals surface area contributed by atoms with Gasteiger partial charge in [0.15, 0.2) is 0 Å². The molecule has 1 aliphatic rings. The van der Waals surface area contributed by atoms with Gasteiger partial charge in [-0.15, -0.1) is 0 Å². The largest absolute Gasteiger partial charge is 0.462 e. The smallest absolute Gasteiger partial charge is 0.309 e. The highest BCUT2D eigenvalue weighted by Crippen LogP contribution is 2.32. The lowest BCUT2D eigenvalue weighted by Crippen LogP contribution is -2.23. The molecule has 0 amide bonds. The van der Waals surface area contributed by atoms with Crippen molar-refractivity contribution in [2.75, 3.05) is 0 Å². The normalized spacial score (nSPS) is 38.0. The van der Waals surface area contributed by atoms with Crippen LogP contribution in [0.1, 0.15) is 34.1 Å². The van der Waals surface area contributed by atoms with Crippen molar-refractivity contribution < 1.29 is 9.53 Å². The van der Waals surface area contributed by atoms with E-state index in [0.717, 1.165) is 6.42 Å². The topological polar surface area (TPSA) is 26.3 Å². The summed E-state index contributed by atoms with van der Waals surface area (Å²) in [7, 11) is 0. The molecule has 1 heterocycles. The van der Waals surface area contributed by atoms with E-state index >= 15 is 0 Å². The average molecular weight is 170 g/mol. The molecule has 0 aromatic heterocycles. The molecule has 0 N–H and O–H groups in total. The molecule has 4 atom stereocenters. The average Bonchev–Trinajstić information content (AvgIpc) is 2.32. The lowest BCUT2D eigenvalue weighted by molar-refractivity contribution is -0.145. The summed E-state index contributed by atoms with van der Waals surface area (Å²) in [5, 5.41) is 0. The predicted octanol–water partition coefficient (Wildman–Crippen LogP) is 2.23. The first-order valence-electron chi connectivity index (χ1n) is 4.78. The molecule has 1 fully saturated rings. The monoisotopic (exact) mass is 170 g/mol. The molecule has 0 aromatic rings. The summed E-state index contributed by atoms with van der Waals surface area (Å²) >= 11 is 0. The van der Waals surface area contributed by atoms with Gasteiger partial charge in [0.05, 0.1) is 5.92 Å². The number of ether oxygens (including phenoxy) is 1. The fraction of sp³-hybridized carbons (Fsp3) is 0.900. The third kappa shape index (κ3) is 1.47. The van der Waals surface area contributed by atoms with Crippen LogP contribution in [0.4, 0.5) is 0 Å². The van der Waals surface area contributed by atoms with Gasteiger partial charge in [0.1, 0.15) is 6.10 Å². The van der Waals surface area contributed by atoms with Gasteiger partial charge in [0, 0.05) is 5.92 Å². The van der Waals surface area contributed by atoms with Gasteiger partial charge < -0.3 is 4.74 Å². The Hall–Kier alpha value is -0.530. The zero-order valence-corrected chi connectivity index (χ0v) is 8.33. The van der Waals surface area contributed by atoms with Crippen molar-refractivity contribution in [3.8, 4) is 0 Å². The Morgan fingerprint density at radius 2 is 2.08 bits per heavy atom. The quantitative estimate of drug-likeness (QED) is 0.594. The standard InChI is InChI=1S/C10H18O2/c1-5-6(2)9-7(3)8(4)10(11)12-9/h6-9H,5H2,1-4H3. The van der Waals surface area contributed by atoms with Crippen LogP contribution in [0.15, 0.2) is 0 Å². The summed E-state index contributed by atoms with van der Waals surface area (Å²) in [6.07, 6.45) is 1.23. The number of carbonyl (C=O) groups excluding carboxylic acids is 1. The van der Waals surface area contributed by atoms with Gasteiger partial charge in [-0.25, -0.2) is 0 Å². The number of hydrogen-bond acceptors (Lipinski definition) is 2. The van der Waals surface area contributed by atoms with E-state index in [0.29, 0.717) is 11.8 Å². The van der Waals surface area contributed by atoms with Crippen molar-refractivity contribution in [1.82, 2.24) is 0 Å². The molecular weight excluding hydrogens is 152 g/mol. The third-order valence-electron chi connectivity index (χ3n) is 3.14. The van der Waals surface area contributed by atoms with E-state index in [2.05, 4.69) is 20.8 Å². The van der Waals surface area contributed by atoms with Crippen LogP contribution in [0.2, 0.25) is 0 Å². The maximum atomic E-state index is 11.2. The Balaban J connectivity index is 2.64. The maximum Gasteiger partial charge on any atom is 0.309 e. The van der Waals surface area contributed by atoms with E-state index in [9.17, 15) is 4.79 Å². The number of rotatable bonds is 2. The van der Waals surface area contributed by atoms with E-state index < -0.39 is 0 Å². The second-order valence-corrected chi connectivity index (χ2v) is 3.93. The van der Waals surface area contributed by atoms with Crippen LogP contribution in [0.5, 0.6) is 0 Å². The first-order valence-corrected chi connectivity index (χ1v) is 4.78. The number of hydrogen-bond donors (Lipinski definition) is 0. The summed E-state index contributed by atoms with van der Waals surface area (Å²) in [5.74, 6) is 0.943. The summed E-state index contributed by atoms with van der Waals surface area (Å²) in [4.78, 5) is 11.2. The Kier molecular flexibility index (Phi) is 2.76. The van der Waals surface area contributed by atoms with E-state index in [1.807, 2.05) is 6.92 Å². The Bertz CT molecular complexity index is 177. The van der Waals surface area contributed by atoms with Crippen molar-refractivity contribution in [3.63, 3.8) is 0 Å². The number of carbonyl (C=O) groups is 1.